The molecule has 2 N–H and O–H groups in total. The Morgan fingerprint density at radius 2 is 2.15 bits per heavy atom. The Hall–Kier alpha value is -1.26. The van der Waals surface area contributed by atoms with Gasteiger partial charge in [0.15, 0.2) is 0 Å². The van der Waals surface area contributed by atoms with E-state index in [4.69, 9.17) is 0 Å². The monoisotopic (exact) mass is 186 g/mol. The summed E-state index contributed by atoms with van der Waals surface area (Å²) in [4.78, 5) is 21.6. The fraction of sp³-hybridized carbons (Fsp3) is 0.750. The number of amides is 2. The summed E-state index contributed by atoms with van der Waals surface area (Å²) in [6.45, 7) is 0.325. The molecule has 0 aromatic rings. The quantitative estimate of drug-likeness (QED) is 0.608. The zero-order valence-corrected chi connectivity index (χ0v) is 7.63. The van der Waals surface area contributed by atoms with Gasteiger partial charge in [0.05, 0.1) is 13.5 Å². The first kappa shape index (κ1) is 9.83. The van der Waals surface area contributed by atoms with Crippen molar-refractivity contribution in [3.05, 3.63) is 0 Å². The Balaban J connectivity index is 1.97. The average Bonchev–Trinajstić information content (AvgIpc) is 2.88. The fourth-order valence-corrected chi connectivity index (χ4v) is 0.844. The maximum absolute atomic E-state index is 11.0. The van der Waals surface area contributed by atoms with Crippen LogP contribution in [0.5, 0.6) is 0 Å². The van der Waals surface area contributed by atoms with Gasteiger partial charge in [0.1, 0.15) is 0 Å². The van der Waals surface area contributed by atoms with Crippen LogP contribution in [0.3, 0.4) is 0 Å². The highest BCUT2D eigenvalue weighted by Gasteiger charge is 2.22. The molecule has 0 saturated heterocycles. The molecule has 0 aliphatic heterocycles. The molecule has 0 aromatic heterocycles. The first-order chi connectivity index (χ1) is 6.22. The van der Waals surface area contributed by atoms with Crippen molar-refractivity contribution >= 4 is 12.0 Å². The van der Waals surface area contributed by atoms with E-state index in [1.54, 1.807) is 0 Å². The summed E-state index contributed by atoms with van der Waals surface area (Å²) in [5, 5.41) is 5.31. The Labute approximate surface area is 76.8 Å². The summed E-state index contributed by atoms with van der Waals surface area (Å²) in [6.07, 6.45) is 2.34. The van der Waals surface area contributed by atoms with E-state index < -0.39 is 0 Å². The van der Waals surface area contributed by atoms with Gasteiger partial charge in [-0.05, 0) is 12.8 Å². The van der Waals surface area contributed by atoms with Gasteiger partial charge in [-0.3, -0.25) is 4.79 Å². The smallest absolute Gasteiger partial charge is 0.315 e. The van der Waals surface area contributed by atoms with Gasteiger partial charge in [-0.15, -0.1) is 0 Å². The molecule has 0 radical (unpaired) electrons. The first-order valence-electron chi connectivity index (χ1n) is 4.33. The van der Waals surface area contributed by atoms with E-state index in [1.807, 2.05) is 0 Å². The average molecular weight is 186 g/mol. The number of ether oxygens (including phenoxy) is 1. The molecule has 5 heteroatoms. The molecular weight excluding hydrogens is 172 g/mol. The van der Waals surface area contributed by atoms with Gasteiger partial charge < -0.3 is 15.4 Å². The van der Waals surface area contributed by atoms with E-state index in [2.05, 4.69) is 15.4 Å². The second kappa shape index (κ2) is 4.69. The number of rotatable bonds is 4. The summed E-state index contributed by atoms with van der Waals surface area (Å²) in [6, 6.07) is 0.143. The van der Waals surface area contributed by atoms with Crippen LogP contribution in [0.25, 0.3) is 0 Å². The van der Waals surface area contributed by atoms with Crippen molar-refractivity contribution in [2.75, 3.05) is 13.7 Å². The molecule has 0 atom stereocenters. The van der Waals surface area contributed by atoms with Crippen LogP contribution in [0.1, 0.15) is 19.3 Å². The summed E-state index contributed by atoms with van der Waals surface area (Å²) < 4.78 is 4.41. The van der Waals surface area contributed by atoms with Crippen LogP contribution in [0.2, 0.25) is 0 Å². The zero-order chi connectivity index (χ0) is 9.68. The van der Waals surface area contributed by atoms with E-state index >= 15 is 0 Å². The Bertz CT molecular complexity index is 202. The molecule has 0 spiro atoms. The molecule has 1 saturated carbocycles. The van der Waals surface area contributed by atoms with Crippen LogP contribution in [-0.4, -0.2) is 31.7 Å². The molecule has 0 heterocycles. The number of carbonyl (C=O) groups excluding carboxylic acids is 2. The van der Waals surface area contributed by atoms with Crippen LogP contribution in [0.4, 0.5) is 4.79 Å². The van der Waals surface area contributed by atoms with Crippen molar-refractivity contribution in [2.24, 2.45) is 0 Å². The lowest BCUT2D eigenvalue weighted by Crippen LogP contribution is -2.37. The van der Waals surface area contributed by atoms with Crippen LogP contribution in [-0.2, 0) is 9.53 Å². The molecule has 1 fully saturated rings. The second-order valence-electron chi connectivity index (χ2n) is 3.00. The molecule has 1 aliphatic carbocycles. The van der Waals surface area contributed by atoms with Gasteiger partial charge in [-0.25, -0.2) is 4.79 Å². The summed E-state index contributed by atoms with van der Waals surface area (Å²) in [5.74, 6) is -0.313. The van der Waals surface area contributed by atoms with Crippen molar-refractivity contribution < 1.29 is 14.3 Å². The zero-order valence-electron chi connectivity index (χ0n) is 7.63. The van der Waals surface area contributed by atoms with Crippen molar-refractivity contribution in [3.63, 3.8) is 0 Å². The van der Waals surface area contributed by atoms with E-state index in [1.165, 1.54) is 7.11 Å². The van der Waals surface area contributed by atoms with E-state index in [-0.39, 0.29) is 18.4 Å². The van der Waals surface area contributed by atoms with E-state index in [0.717, 1.165) is 12.8 Å². The Kier molecular flexibility index (Phi) is 3.54. The third-order valence-electron chi connectivity index (χ3n) is 1.75. The van der Waals surface area contributed by atoms with E-state index in [9.17, 15) is 9.59 Å². The molecule has 0 unspecified atom stereocenters. The molecule has 0 bridgehead atoms. The van der Waals surface area contributed by atoms with Gasteiger partial charge >= 0.3 is 12.0 Å². The van der Waals surface area contributed by atoms with Crippen molar-refractivity contribution in [1.29, 1.82) is 0 Å². The third kappa shape index (κ3) is 4.35. The number of hydrogen-bond donors (Lipinski definition) is 2. The second-order valence-corrected chi connectivity index (χ2v) is 3.00. The maximum atomic E-state index is 11.0. The van der Waals surface area contributed by atoms with Gasteiger partial charge in [0.25, 0.3) is 0 Å². The minimum atomic E-state index is -0.313. The molecule has 2 amide bonds. The lowest BCUT2D eigenvalue weighted by Gasteiger charge is -2.04. The minimum Gasteiger partial charge on any atom is -0.469 e. The minimum absolute atomic E-state index is 0.202. The van der Waals surface area contributed by atoms with Gasteiger partial charge in [0, 0.05) is 12.6 Å². The predicted molar refractivity (Wildman–Crippen MR) is 46.2 cm³/mol. The number of hydrogen-bond acceptors (Lipinski definition) is 3. The van der Waals surface area contributed by atoms with Crippen LogP contribution < -0.4 is 10.6 Å². The largest absolute Gasteiger partial charge is 0.469 e. The highest BCUT2D eigenvalue weighted by atomic mass is 16.5. The molecule has 5 nitrogen and oxygen atoms in total. The topological polar surface area (TPSA) is 67.4 Å². The first-order valence-corrected chi connectivity index (χ1v) is 4.33. The van der Waals surface area contributed by atoms with E-state index in [0.29, 0.717) is 12.6 Å². The lowest BCUT2D eigenvalue weighted by molar-refractivity contribution is -0.140. The summed E-state index contributed by atoms with van der Waals surface area (Å²) in [5.41, 5.74) is 0. The standard InChI is InChI=1S/C8H14N2O3/c1-13-7(11)4-5-9-8(12)10-6-2-3-6/h6H,2-5H2,1H3,(H2,9,10,12). The highest BCUT2D eigenvalue weighted by Crippen LogP contribution is 2.18. The maximum Gasteiger partial charge on any atom is 0.315 e. The SMILES string of the molecule is COC(=O)CCNC(=O)NC1CC1. The molecule has 1 rings (SSSR count). The molecule has 74 valence electrons. The molecular formula is C8H14N2O3. The number of methoxy groups -OCH3 is 1. The predicted octanol–water partition coefficient (Wildman–Crippen LogP) is 0.0111. The molecule has 0 aromatic carbocycles. The fourth-order valence-electron chi connectivity index (χ4n) is 0.844. The molecule has 1 aliphatic rings. The van der Waals surface area contributed by atoms with Crippen LogP contribution >= 0.6 is 0 Å². The normalized spacial score (nSPS) is 14.8. The van der Waals surface area contributed by atoms with Crippen LogP contribution in [0, 0.1) is 0 Å². The number of carbonyl (C=O) groups is 2. The van der Waals surface area contributed by atoms with Gasteiger partial charge in [-0.1, -0.05) is 0 Å². The van der Waals surface area contributed by atoms with Crippen molar-refractivity contribution in [2.45, 2.75) is 25.3 Å². The number of nitrogens with one attached hydrogen (secondary N) is 2. The number of urea groups is 1. The van der Waals surface area contributed by atoms with Gasteiger partial charge in [0.2, 0.25) is 0 Å². The lowest BCUT2D eigenvalue weighted by atomic mass is 10.4. The van der Waals surface area contributed by atoms with Crippen molar-refractivity contribution in [3.8, 4) is 0 Å². The summed E-state index contributed by atoms with van der Waals surface area (Å²) in [7, 11) is 1.33. The van der Waals surface area contributed by atoms with Crippen LogP contribution in [0.15, 0.2) is 0 Å². The Morgan fingerprint density at radius 3 is 2.69 bits per heavy atom. The molecule has 13 heavy (non-hydrogen) atoms. The summed E-state index contributed by atoms with van der Waals surface area (Å²) >= 11 is 0. The van der Waals surface area contributed by atoms with Crippen molar-refractivity contribution in [1.82, 2.24) is 10.6 Å². The third-order valence-corrected chi connectivity index (χ3v) is 1.75. The van der Waals surface area contributed by atoms with Gasteiger partial charge in [-0.2, -0.15) is 0 Å². The highest BCUT2D eigenvalue weighted by molar-refractivity contribution is 5.75. The number of esters is 1. The Morgan fingerprint density at radius 1 is 1.46 bits per heavy atom.